The second kappa shape index (κ2) is 8.05. The standard InChI is InChI=1S/C11H26N2O2/c1-11(2,14)5-8-13(7-4-6-12)9-10-15-3/h14H,4-10,12H2,1-3H3. The van der Waals surface area contributed by atoms with Gasteiger partial charge in [0.1, 0.15) is 0 Å². The van der Waals surface area contributed by atoms with Gasteiger partial charge in [0.25, 0.3) is 0 Å². The Morgan fingerprint density at radius 1 is 1.27 bits per heavy atom. The Bertz CT molecular complexity index is 138. The largest absolute Gasteiger partial charge is 0.390 e. The summed E-state index contributed by atoms with van der Waals surface area (Å²) >= 11 is 0. The molecule has 92 valence electrons. The number of ether oxygens (including phenoxy) is 1. The fourth-order valence-electron chi connectivity index (χ4n) is 1.30. The summed E-state index contributed by atoms with van der Waals surface area (Å²) in [4.78, 5) is 2.29. The minimum absolute atomic E-state index is 0.589. The number of rotatable bonds is 9. The summed E-state index contributed by atoms with van der Waals surface area (Å²) in [6.45, 7) is 7.91. The summed E-state index contributed by atoms with van der Waals surface area (Å²) in [7, 11) is 1.71. The maximum Gasteiger partial charge on any atom is 0.0603 e. The van der Waals surface area contributed by atoms with E-state index in [9.17, 15) is 5.11 Å². The first-order valence-corrected chi connectivity index (χ1v) is 5.63. The Morgan fingerprint density at radius 2 is 1.93 bits per heavy atom. The zero-order valence-corrected chi connectivity index (χ0v) is 10.3. The SMILES string of the molecule is COCCN(CCCN)CCC(C)(C)O. The van der Waals surface area contributed by atoms with Crippen molar-refractivity contribution in [2.45, 2.75) is 32.3 Å². The van der Waals surface area contributed by atoms with Crippen molar-refractivity contribution in [3.05, 3.63) is 0 Å². The second-order valence-electron chi connectivity index (χ2n) is 4.54. The van der Waals surface area contributed by atoms with Crippen molar-refractivity contribution >= 4 is 0 Å². The van der Waals surface area contributed by atoms with Crippen LogP contribution in [0.2, 0.25) is 0 Å². The summed E-state index contributed by atoms with van der Waals surface area (Å²) in [6, 6.07) is 0. The molecule has 0 saturated heterocycles. The molecule has 0 aliphatic carbocycles. The Hall–Kier alpha value is -0.160. The van der Waals surface area contributed by atoms with Gasteiger partial charge in [-0.15, -0.1) is 0 Å². The Kier molecular flexibility index (Phi) is 7.96. The van der Waals surface area contributed by atoms with Crippen molar-refractivity contribution in [3.8, 4) is 0 Å². The molecule has 15 heavy (non-hydrogen) atoms. The third kappa shape index (κ3) is 10.1. The fourth-order valence-corrected chi connectivity index (χ4v) is 1.30. The lowest BCUT2D eigenvalue weighted by atomic mass is 10.1. The van der Waals surface area contributed by atoms with Gasteiger partial charge < -0.3 is 20.5 Å². The summed E-state index contributed by atoms with van der Waals surface area (Å²) < 4.78 is 5.05. The van der Waals surface area contributed by atoms with E-state index >= 15 is 0 Å². The third-order valence-corrected chi connectivity index (χ3v) is 2.33. The molecule has 0 spiro atoms. The predicted molar refractivity (Wildman–Crippen MR) is 62.9 cm³/mol. The highest BCUT2D eigenvalue weighted by Gasteiger charge is 2.14. The zero-order valence-electron chi connectivity index (χ0n) is 10.3. The number of hydrogen-bond acceptors (Lipinski definition) is 4. The van der Waals surface area contributed by atoms with Crippen molar-refractivity contribution in [1.82, 2.24) is 4.90 Å². The van der Waals surface area contributed by atoms with E-state index in [4.69, 9.17) is 10.5 Å². The molecular weight excluding hydrogens is 192 g/mol. The molecule has 0 rings (SSSR count). The molecule has 0 aliphatic rings. The molecule has 0 saturated carbocycles. The Morgan fingerprint density at radius 3 is 2.40 bits per heavy atom. The van der Waals surface area contributed by atoms with Crippen LogP contribution >= 0.6 is 0 Å². The molecule has 0 radical (unpaired) electrons. The van der Waals surface area contributed by atoms with E-state index < -0.39 is 5.60 Å². The summed E-state index contributed by atoms with van der Waals surface area (Å²) in [6.07, 6.45) is 1.77. The number of methoxy groups -OCH3 is 1. The van der Waals surface area contributed by atoms with Crippen LogP contribution in [0.4, 0.5) is 0 Å². The number of nitrogens with zero attached hydrogens (tertiary/aromatic N) is 1. The number of nitrogens with two attached hydrogens (primary N) is 1. The van der Waals surface area contributed by atoms with E-state index in [1.54, 1.807) is 7.11 Å². The average Bonchev–Trinajstić information content (AvgIpc) is 2.15. The third-order valence-electron chi connectivity index (χ3n) is 2.33. The van der Waals surface area contributed by atoms with Crippen LogP contribution in [-0.2, 0) is 4.74 Å². The van der Waals surface area contributed by atoms with Gasteiger partial charge in [0.2, 0.25) is 0 Å². The van der Waals surface area contributed by atoms with E-state index in [2.05, 4.69) is 4.90 Å². The Labute approximate surface area is 93.4 Å². The van der Waals surface area contributed by atoms with Gasteiger partial charge in [-0.25, -0.2) is 0 Å². The quantitative estimate of drug-likeness (QED) is 0.590. The molecule has 0 aromatic heterocycles. The first-order chi connectivity index (χ1) is 6.99. The topological polar surface area (TPSA) is 58.7 Å². The number of hydrogen-bond donors (Lipinski definition) is 2. The number of aliphatic hydroxyl groups is 1. The van der Waals surface area contributed by atoms with E-state index in [-0.39, 0.29) is 0 Å². The van der Waals surface area contributed by atoms with Crippen LogP contribution in [0, 0.1) is 0 Å². The van der Waals surface area contributed by atoms with Crippen LogP contribution in [0.5, 0.6) is 0 Å². The molecule has 0 aliphatic heterocycles. The van der Waals surface area contributed by atoms with Gasteiger partial charge in [0, 0.05) is 20.2 Å². The zero-order chi connectivity index (χ0) is 11.7. The Balaban J connectivity index is 3.78. The molecule has 3 N–H and O–H groups in total. The lowest BCUT2D eigenvalue weighted by Gasteiger charge is -2.25. The fraction of sp³-hybridized carbons (Fsp3) is 1.00. The van der Waals surface area contributed by atoms with E-state index in [0.717, 1.165) is 39.1 Å². The normalized spacial score (nSPS) is 12.4. The second-order valence-corrected chi connectivity index (χ2v) is 4.54. The summed E-state index contributed by atoms with van der Waals surface area (Å²) in [5, 5.41) is 9.63. The molecule has 4 nitrogen and oxygen atoms in total. The van der Waals surface area contributed by atoms with Crippen LogP contribution in [0.25, 0.3) is 0 Å². The monoisotopic (exact) mass is 218 g/mol. The first kappa shape index (κ1) is 14.8. The molecule has 0 heterocycles. The maximum absolute atomic E-state index is 9.63. The molecule has 0 amide bonds. The van der Waals surface area contributed by atoms with E-state index in [1.807, 2.05) is 13.8 Å². The van der Waals surface area contributed by atoms with Crippen molar-refractivity contribution in [3.63, 3.8) is 0 Å². The van der Waals surface area contributed by atoms with Crippen LogP contribution in [0.3, 0.4) is 0 Å². The smallest absolute Gasteiger partial charge is 0.0603 e. The van der Waals surface area contributed by atoms with Gasteiger partial charge in [-0.05, 0) is 39.8 Å². The van der Waals surface area contributed by atoms with Gasteiger partial charge in [0.05, 0.1) is 12.2 Å². The molecule has 0 atom stereocenters. The predicted octanol–water partition coefficient (Wildman–Crippen LogP) is 0.445. The molecule has 0 unspecified atom stereocenters. The molecule has 0 fully saturated rings. The minimum atomic E-state index is -0.589. The van der Waals surface area contributed by atoms with Gasteiger partial charge in [-0.1, -0.05) is 0 Å². The molecule has 0 bridgehead atoms. The minimum Gasteiger partial charge on any atom is -0.390 e. The van der Waals surface area contributed by atoms with Crippen molar-refractivity contribution < 1.29 is 9.84 Å². The lowest BCUT2D eigenvalue weighted by molar-refractivity contribution is 0.0529. The average molecular weight is 218 g/mol. The summed E-state index contributed by atoms with van der Waals surface area (Å²) in [5.41, 5.74) is 4.89. The molecular formula is C11H26N2O2. The molecule has 0 aromatic carbocycles. The van der Waals surface area contributed by atoms with Crippen LogP contribution < -0.4 is 5.73 Å². The first-order valence-electron chi connectivity index (χ1n) is 5.63. The maximum atomic E-state index is 9.63. The van der Waals surface area contributed by atoms with Gasteiger partial charge >= 0.3 is 0 Å². The van der Waals surface area contributed by atoms with E-state index in [0.29, 0.717) is 6.54 Å². The van der Waals surface area contributed by atoms with Crippen LogP contribution in [-0.4, -0.2) is 55.5 Å². The lowest BCUT2D eigenvalue weighted by Crippen LogP contribution is -2.34. The van der Waals surface area contributed by atoms with Crippen LogP contribution in [0.1, 0.15) is 26.7 Å². The highest BCUT2D eigenvalue weighted by atomic mass is 16.5. The van der Waals surface area contributed by atoms with Gasteiger partial charge in [-0.2, -0.15) is 0 Å². The molecule has 4 heteroatoms. The molecule has 0 aromatic rings. The van der Waals surface area contributed by atoms with E-state index in [1.165, 1.54) is 0 Å². The van der Waals surface area contributed by atoms with Crippen molar-refractivity contribution in [2.24, 2.45) is 5.73 Å². The van der Waals surface area contributed by atoms with Crippen molar-refractivity contribution in [2.75, 3.05) is 39.9 Å². The van der Waals surface area contributed by atoms with Gasteiger partial charge in [-0.3, -0.25) is 0 Å². The van der Waals surface area contributed by atoms with Gasteiger partial charge in [0.15, 0.2) is 0 Å². The highest BCUT2D eigenvalue weighted by Crippen LogP contribution is 2.08. The van der Waals surface area contributed by atoms with Crippen LogP contribution in [0.15, 0.2) is 0 Å². The summed E-state index contributed by atoms with van der Waals surface area (Å²) in [5.74, 6) is 0. The van der Waals surface area contributed by atoms with Crippen molar-refractivity contribution in [1.29, 1.82) is 0 Å². The highest BCUT2D eigenvalue weighted by molar-refractivity contribution is 4.69.